The van der Waals surface area contributed by atoms with Crippen LogP contribution < -0.4 is 15.4 Å². The van der Waals surface area contributed by atoms with Crippen molar-refractivity contribution in [2.45, 2.75) is 19.0 Å². The number of rotatable bonds is 6. The average molecular weight is 417 g/mol. The van der Waals surface area contributed by atoms with Crippen LogP contribution in [0.2, 0.25) is 0 Å². The second-order valence-electron chi connectivity index (χ2n) is 7.64. The minimum absolute atomic E-state index is 0.328. The van der Waals surface area contributed by atoms with Crippen molar-refractivity contribution < 1.29 is 19.1 Å². The third kappa shape index (κ3) is 3.94. The van der Waals surface area contributed by atoms with Crippen LogP contribution in [0.15, 0.2) is 66.7 Å². The van der Waals surface area contributed by atoms with Crippen LogP contribution in [-0.2, 0) is 21.7 Å². The fourth-order valence-electron chi connectivity index (χ4n) is 3.69. The second-order valence-corrected chi connectivity index (χ2v) is 7.64. The Morgan fingerprint density at radius 1 is 1.03 bits per heavy atom. The maximum Gasteiger partial charge on any atom is 0.325 e. The van der Waals surface area contributed by atoms with Gasteiger partial charge in [-0.1, -0.05) is 48.5 Å². The summed E-state index contributed by atoms with van der Waals surface area (Å²) in [5.74, 6) is -0.119. The summed E-state index contributed by atoms with van der Waals surface area (Å²) in [6, 6.07) is 20.0. The van der Waals surface area contributed by atoms with E-state index in [4.69, 9.17) is 4.74 Å². The van der Waals surface area contributed by atoms with Gasteiger partial charge in [-0.3, -0.25) is 14.5 Å². The number of imide groups is 1. The summed E-state index contributed by atoms with van der Waals surface area (Å²) in [6.45, 7) is 1.65. The van der Waals surface area contributed by atoms with Crippen molar-refractivity contribution in [1.82, 2.24) is 15.5 Å². The highest BCUT2D eigenvalue weighted by Gasteiger charge is 2.49. The number of ether oxygens (including phenoxy) is 1. The number of carbonyl (C=O) groups is 3. The highest BCUT2D eigenvalue weighted by molar-refractivity contribution is 6.09. The van der Waals surface area contributed by atoms with Crippen LogP contribution in [0.3, 0.4) is 0 Å². The Hall–Kier alpha value is -3.87. The maximum absolute atomic E-state index is 13.1. The lowest BCUT2D eigenvalue weighted by atomic mass is 9.90. The van der Waals surface area contributed by atoms with E-state index in [1.54, 1.807) is 20.1 Å². The molecule has 3 aromatic carbocycles. The molecule has 7 heteroatoms. The number of fused-ring (bicyclic) bond motifs is 1. The lowest BCUT2D eigenvalue weighted by Crippen LogP contribution is -2.43. The van der Waals surface area contributed by atoms with E-state index in [2.05, 4.69) is 10.6 Å². The molecule has 0 bridgehead atoms. The van der Waals surface area contributed by atoms with E-state index < -0.39 is 23.4 Å². The first-order chi connectivity index (χ1) is 14.9. The van der Waals surface area contributed by atoms with E-state index in [-0.39, 0.29) is 6.54 Å². The Labute approximate surface area is 180 Å². The summed E-state index contributed by atoms with van der Waals surface area (Å²) >= 11 is 0. The largest absolute Gasteiger partial charge is 0.497 e. The number of carbonyl (C=O) groups excluding carboxylic acids is 3. The van der Waals surface area contributed by atoms with E-state index in [0.717, 1.165) is 27.0 Å². The lowest BCUT2D eigenvalue weighted by Gasteiger charge is -2.22. The zero-order valence-electron chi connectivity index (χ0n) is 17.3. The van der Waals surface area contributed by atoms with Crippen LogP contribution in [0, 0.1) is 0 Å². The van der Waals surface area contributed by atoms with Crippen molar-refractivity contribution >= 4 is 28.6 Å². The van der Waals surface area contributed by atoms with Gasteiger partial charge in [0, 0.05) is 6.54 Å². The van der Waals surface area contributed by atoms with Crippen LogP contribution in [-0.4, -0.2) is 36.4 Å². The first-order valence-corrected chi connectivity index (χ1v) is 9.94. The molecule has 0 unspecified atom stereocenters. The van der Waals surface area contributed by atoms with Gasteiger partial charge in [0.2, 0.25) is 5.91 Å². The molecule has 0 radical (unpaired) electrons. The topological polar surface area (TPSA) is 87.7 Å². The fraction of sp³-hybridized carbons (Fsp3) is 0.208. The van der Waals surface area contributed by atoms with Crippen LogP contribution >= 0.6 is 0 Å². The molecule has 1 saturated heterocycles. The Morgan fingerprint density at radius 2 is 1.74 bits per heavy atom. The Balaban J connectivity index is 1.50. The molecule has 7 nitrogen and oxygen atoms in total. The average Bonchev–Trinajstić information content (AvgIpc) is 3.01. The van der Waals surface area contributed by atoms with Crippen molar-refractivity contribution in [2.24, 2.45) is 0 Å². The molecule has 2 N–H and O–H groups in total. The number of hydrogen-bond donors (Lipinski definition) is 2. The third-order valence-electron chi connectivity index (χ3n) is 5.53. The molecule has 1 aliphatic rings. The highest BCUT2D eigenvalue weighted by atomic mass is 16.5. The van der Waals surface area contributed by atoms with Crippen LogP contribution in [0.1, 0.15) is 18.1 Å². The molecule has 4 rings (SSSR count). The molecule has 0 aliphatic carbocycles. The van der Waals surface area contributed by atoms with Gasteiger partial charge in [0.15, 0.2) is 0 Å². The van der Waals surface area contributed by atoms with Gasteiger partial charge >= 0.3 is 6.03 Å². The van der Waals surface area contributed by atoms with Crippen molar-refractivity contribution in [3.63, 3.8) is 0 Å². The molecule has 1 atom stereocenters. The van der Waals surface area contributed by atoms with Gasteiger partial charge in [-0.15, -0.1) is 0 Å². The highest BCUT2D eigenvalue weighted by Crippen LogP contribution is 2.31. The maximum atomic E-state index is 13.1. The molecule has 31 heavy (non-hydrogen) atoms. The van der Waals surface area contributed by atoms with Crippen LogP contribution in [0.5, 0.6) is 5.75 Å². The molecule has 0 saturated carbocycles. The number of urea groups is 1. The Kier molecular flexibility index (Phi) is 5.33. The predicted molar refractivity (Wildman–Crippen MR) is 116 cm³/mol. The van der Waals surface area contributed by atoms with Gasteiger partial charge in [-0.05, 0) is 47.0 Å². The summed E-state index contributed by atoms with van der Waals surface area (Å²) in [5, 5.41) is 7.37. The van der Waals surface area contributed by atoms with Crippen molar-refractivity contribution in [3.8, 4) is 5.75 Å². The smallest absolute Gasteiger partial charge is 0.325 e. The molecule has 0 spiro atoms. The molecule has 1 heterocycles. The van der Waals surface area contributed by atoms with Crippen LogP contribution in [0.4, 0.5) is 4.79 Å². The van der Waals surface area contributed by atoms with E-state index in [1.807, 2.05) is 60.7 Å². The molecule has 4 amide bonds. The zero-order chi connectivity index (χ0) is 22.0. The number of methoxy groups -OCH3 is 1. The number of amides is 4. The van der Waals surface area contributed by atoms with Gasteiger partial charge in [-0.2, -0.15) is 0 Å². The lowest BCUT2D eigenvalue weighted by molar-refractivity contribution is -0.134. The number of benzene rings is 3. The molecular formula is C24H23N3O4. The third-order valence-corrected chi connectivity index (χ3v) is 5.53. The molecule has 1 fully saturated rings. The Bertz CT molecular complexity index is 1160. The minimum atomic E-state index is -1.25. The van der Waals surface area contributed by atoms with Crippen molar-refractivity contribution in [3.05, 3.63) is 77.9 Å². The van der Waals surface area contributed by atoms with Gasteiger partial charge in [0.05, 0.1) is 7.11 Å². The van der Waals surface area contributed by atoms with Crippen LogP contribution in [0.25, 0.3) is 10.8 Å². The van der Waals surface area contributed by atoms with E-state index >= 15 is 0 Å². The first-order valence-electron chi connectivity index (χ1n) is 9.94. The van der Waals surface area contributed by atoms with E-state index in [1.165, 1.54) is 0 Å². The van der Waals surface area contributed by atoms with Gasteiger partial charge < -0.3 is 15.4 Å². The number of nitrogens with zero attached hydrogens (tertiary/aromatic N) is 1. The monoisotopic (exact) mass is 417 g/mol. The molecular weight excluding hydrogens is 394 g/mol. The normalized spacial score (nSPS) is 18.2. The van der Waals surface area contributed by atoms with Crippen molar-refractivity contribution in [1.29, 1.82) is 0 Å². The van der Waals surface area contributed by atoms with E-state index in [0.29, 0.717) is 12.1 Å². The van der Waals surface area contributed by atoms with Gasteiger partial charge in [0.25, 0.3) is 5.91 Å². The number of nitrogens with one attached hydrogen (secondary N) is 2. The summed E-state index contributed by atoms with van der Waals surface area (Å²) in [5.41, 5.74) is 0.339. The first kappa shape index (κ1) is 20.4. The minimum Gasteiger partial charge on any atom is -0.497 e. The summed E-state index contributed by atoms with van der Waals surface area (Å²) < 4.78 is 5.25. The SMILES string of the molecule is COc1ccc2cc([C@@]3(C)NC(=O)N(CC(=O)NCc4ccccc4)C3=O)ccc2c1. The molecule has 158 valence electrons. The summed E-state index contributed by atoms with van der Waals surface area (Å²) in [4.78, 5) is 39.0. The Morgan fingerprint density at radius 3 is 2.48 bits per heavy atom. The molecule has 3 aromatic rings. The standard InChI is InChI=1S/C24H23N3O4/c1-24(19-10-8-18-13-20(31-2)11-9-17(18)12-19)22(29)27(23(30)26-24)15-21(28)25-14-16-6-4-3-5-7-16/h3-13H,14-15H2,1-2H3,(H,25,28)(H,26,30)/t24-/m1/s1. The predicted octanol–water partition coefficient (Wildman–Crippen LogP) is 2.93. The van der Waals surface area contributed by atoms with Gasteiger partial charge in [0.1, 0.15) is 17.8 Å². The van der Waals surface area contributed by atoms with Gasteiger partial charge in [-0.25, -0.2) is 4.79 Å². The van der Waals surface area contributed by atoms with Crippen molar-refractivity contribution in [2.75, 3.05) is 13.7 Å². The molecule has 1 aliphatic heterocycles. The summed E-state index contributed by atoms with van der Waals surface area (Å²) in [6.07, 6.45) is 0. The number of hydrogen-bond acceptors (Lipinski definition) is 4. The molecule has 0 aromatic heterocycles. The van der Waals surface area contributed by atoms with E-state index in [9.17, 15) is 14.4 Å². The summed E-state index contributed by atoms with van der Waals surface area (Å²) in [7, 11) is 1.61. The second kappa shape index (κ2) is 8.10. The quantitative estimate of drug-likeness (QED) is 0.604. The zero-order valence-corrected chi connectivity index (χ0v) is 17.3. The fourth-order valence-corrected chi connectivity index (χ4v) is 3.69.